The zero-order chi connectivity index (χ0) is 26.9. The summed E-state index contributed by atoms with van der Waals surface area (Å²) in [5.41, 5.74) is 2.10. The van der Waals surface area contributed by atoms with Crippen LogP contribution in [0.4, 0.5) is 10.2 Å². The van der Waals surface area contributed by atoms with Gasteiger partial charge >= 0.3 is 0 Å². The van der Waals surface area contributed by atoms with E-state index < -0.39 is 0 Å². The summed E-state index contributed by atoms with van der Waals surface area (Å²) >= 11 is 7.16. The Labute approximate surface area is 235 Å². The van der Waals surface area contributed by atoms with Crippen molar-refractivity contribution in [3.8, 4) is 11.4 Å². The number of carbonyl (C=O) groups is 1. The van der Waals surface area contributed by atoms with Gasteiger partial charge in [0.25, 0.3) is 5.91 Å². The second-order valence-electron chi connectivity index (χ2n) is 10.2. The predicted octanol–water partition coefficient (Wildman–Crippen LogP) is 5.88. The molecule has 0 radical (unpaired) electrons. The number of methoxy groups -OCH3 is 1. The molecule has 39 heavy (non-hydrogen) atoms. The molecule has 0 bridgehead atoms. The van der Waals surface area contributed by atoms with E-state index in [-0.39, 0.29) is 29.8 Å². The third-order valence-corrected chi connectivity index (χ3v) is 8.84. The molecule has 0 spiro atoms. The third-order valence-electron chi connectivity index (χ3n) is 7.73. The van der Waals surface area contributed by atoms with Crippen LogP contribution in [0.15, 0.2) is 42.7 Å². The van der Waals surface area contributed by atoms with Crippen LogP contribution in [0.5, 0.6) is 0 Å². The number of halogens is 2. The number of aromatic nitrogens is 4. The fourth-order valence-electron chi connectivity index (χ4n) is 5.99. The Morgan fingerprint density at radius 1 is 1.21 bits per heavy atom. The molecule has 1 saturated carbocycles. The lowest BCUT2D eigenvalue weighted by molar-refractivity contribution is 0.0920. The van der Waals surface area contributed by atoms with E-state index in [0.717, 1.165) is 55.5 Å². The lowest BCUT2D eigenvalue weighted by Gasteiger charge is -2.32. The summed E-state index contributed by atoms with van der Waals surface area (Å²) in [6.45, 7) is 1.56. The Balaban J connectivity index is 1.38. The summed E-state index contributed by atoms with van der Waals surface area (Å²) in [5, 5.41) is 3.50. The van der Waals surface area contributed by atoms with Crippen LogP contribution in [0.2, 0.25) is 4.34 Å². The summed E-state index contributed by atoms with van der Waals surface area (Å²) in [5.74, 6) is 0.931. The topological polar surface area (TPSA) is 85.2 Å². The van der Waals surface area contributed by atoms with Gasteiger partial charge in [-0.1, -0.05) is 35.1 Å². The first kappa shape index (κ1) is 26.2. The molecule has 1 N–H and O–H groups in total. The van der Waals surface area contributed by atoms with Gasteiger partial charge in [-0.3, -0.25) is 4.79 Å². The summed E-state index contributed by atoms with van der Waals surface area (Å²) in [6, 6.07) is 9.08. The number of rotatable bonds is 7. The molecular formula is C28H30ClFN6O2S. The van der Waals surface area contributed by atoms with Crippen LogP contribution in [0, 0.1) is 5.82 Å². The fourth-order valence-corrected chi connectivity index (χ4v) is 6.80. The molecule has 1 aliphatic carbocycles. The number of thiazole rings is 1. The van der Waals surface area contributed by atoms with E-state index in [9.17, 15) is 4.79 Å². The van der Waals surface area contributed by atoms with Crippen molar-refractivity contribution in [1.82, 2.24) is 24.8 Å². The quantitative estimate of drug-likeness (QED) is 0.300. The number of benzene rings is 1. The van der Waals surface area contributed by atoms with Gasteiger partial charge < -0.3 is 19.5 Å². The average molecular weight is 569 g/mol. The Hall–Kier alpha value is -3.08. The number of nitrogens with one attached hydrogen (secondary N) is 1. The van der Waals surface area contributed by atoms with Gasteiger partial charge in [0.1, 0.15) is 27.3 Å². The number of imidazole rings is 1. The molecule has 1 aromatic carbocycles. The van der Waals surface area contributed by atoms with Crippen molar-refractivity contribution in [2.75, 3.05) is 25.2 Å². The Bertz CT molecular complexity index is 1490. The maximum atomic E-state index is 15.1. The molecule has 2 aliphatic rings. The standard InChI is InChI=1S/C28H30ClFN6O2S/c1-38-16-19-8-5-11-35(19)25-13-23-22(14-31-25)34-26(20-9-2-3-10-21(20)30)36(23)18-7-4-6-17(12-18)33-27(37)28-32-15-24(29)39-28/h2-3,9-10,13-15,17-19H,4-8,11-12,16H2,1H3,(H,33,37)/t17-,18+,19+/m0/s1. The number of carbonyl (C=O) groups excluding carboxylic acids is 1. The first-order valence-corrected chi connectivity index (χ1v) is 14.5. The maximum absolute atomic E-state index is 15.1. The van der Waals surface area contributed by atoms with Gasteiger partial charge in [0.15, 0.2) is 5.01 Å². The Kier molecular flexibility index (Phi) is 7.51. The van der Waals surface area contributed by atoms with E-state index in [1.807, 2.05) is 6.07 Å². The largest absolute Gasteiger partial charge is 0.383 e. The highest BCUT2D eigenvalue weighted by Gasteiger charge is 2.31. The summed E-state index contributed by atoms with van der Waals surface area (Å²) in [6.07, 6.45) is 8.81. The number of anilines is 1. The molecule has 8 nitrogen and oxygen atoms in total. The van der Waals surface area contributed by atoms with Crippen LogP contribution < -0.4 is 10.2 Å². The molecule has 0 unspecified atom stereocenters. The molecular weight excluding hydrogens is 539 g/mol. The molecule has 1 amide bonds. The zero-order valence-electron chi connectivity index (χ0n) is 21.6. The van der Waals surface area contributed by atoms with Crippen molar-refractivity contribution in [3.63, 3.8) is 0 Å². The molecule has 1 saturated heterocycles. The van der Waals surface area contributed by atoms with Crippen molar-refractivity contribution in [3.05, 3.63) is 57.9 Å². The van der Waals surface area contributed by atoms with Crippen LogP contribution in [0.1, 0.15) is 54.4 Å². The maximum Gasteiger partial charge on any atom is 0.280 e. The van der Waals surface area contributed by atoms with Gasteiger partial charge in [-0.2, -0.15) is 0 Å². The highest BCUT2D eigenvalue weighted by Crippen LogP contribution is 2.38. The lowest BCUT2D eigenvalue weighted by atomic mass is 9.90. The summed E-state index contributed by atoms with van der Waals surface area (Å²) in [4.78, 5) is 28.9. The highest BCUT2D eigenvalue weighted by atomic mass is 35.5. The highest BCUT2D eigenvalue weighted by molar-refractivity contribution is 7.17. The van der Waals surface area contributed by atoms with Gasteiger partial charge in [-0.05, 0) is 50.7 Å². The van der Waals surface area contributed by atoms with E-state index in [4.69, 9.17) is 26.3 Å². The van der Waals surface area contributed by atoms with Crippen molar-refractivity contribution < 1.29 is 13.9 Å². The number of fused-ring (bicyclic) bond motifs is 1. The van der Waals surface area contributed by atoms with Crippen LogP contribution in [0.25, 0.3) is 22.4 Å². The molecule has 11 heteroatoms. The van der Waals surface area contributed by atoms with E-state index in [1.165, 1.54) is 23.6 Å². The van der Waals surface area contributed by atoms with Crippen molar-refractivity contribution in [1.29, 1.82) is 0 Å². The van der Waals surface area contributed by atoms with Gasteiger partial charge in [0.05, 0.1) is 36.1 Å². The lowest BCUT2D eigenvalue weighted by Crippen LogP contribution is -2.39. The average Bonchev–Trinajstić information content (AvgIpc) is 3.67. The zero-order valence-corrected chi connectivity index (χ0v) is 23.2. The monoisotopic (exact) mass is 568 g/mol. The molecule has 3 atom stereocenters. The Morgan fingerprint density at radius 3 is 2.87 bits per heavy atom. The molecule has 4 heterocycles. The third kappa shape index (κ3) is 5.25. The molecule has 6 rings (SSSR count). The second kappa shape index (κ2) is 11.2. The minimum absolute atomic E-state index is 0.0205. The van der Waals surface area contributed by atoms with Gasteiger partial charge in [0, 0.05) is 31.8 Å². The number of hydrogen-bond donors (Lipinski definition) is 1. The summed E-state index contributed by atoms with van der Waals surface area (Å²) < 4.78 is 23.2. The van der Waals surface area contributed by atoms with Crippen LogP contribution >= 0.6 is 22.9 Å². The first-order chi connectivity index (χ1) is 19.0. The molecule has 3 aromatic heterocycles. The number of amides is 1. The van der Waals surface area contributed by atoms with Crippen molar-refractivity contribution in [2.45, 2.75) is 56.7 Å². The normalized spacial score (nSPS) is 21.5. The number of nitrogens with zero attached hydrogens (tertiary/aromatic N) is 5. The van der Waals surface area contributed by atoms with Crippen molar-refractivity contribution >= 4 is 45.7 Å². The second-order valence-corrected chi connectivity index (χ2v) is 11.9. The number of hydrogen-bond acceptors (Lipinski definition) is 7. The van der Waals surface area contributed by atoms with Gasteiger partial charge in [-0.15, -0.1) is 0 Å². The van der Waals surface area contributed by atoms with Crippen LogP contribution in [-0.2, 0) is 4.74 Å². The Morgan fingerprint density at radius 2 is 2.08 bits per heavy atom. The fraction of sp³-hybridized carbons (Fsp3) is 0.429. The van der Waals surface area contributed by atoms with Crippen LogP contribution in [0.3, 0.4) is 0 Å². The molecule has 204 valence electrons. The van der Waals surface area contributed by atoms with Gasteiger partial charge in [-0.25, -0.2) is 19.3 Å². The smallest absolute Gasteiger partial charge is 0.280 e. The minimum atomic E-state index is -0.316. The van der Waals surface area contributed by atoms with E-state index in [2.05, 4.69) is 25.8 Å². The number of ether oxygens (including phenoxy) is 1. The first-order valence-electron chi connectivity index (χ1n) is 13.3. The molecule has 4 aromatic rings. The summed E-state index contributed by atoms with van der Waals surface area (Å²) in [7, 11) is 1.73. The SMILES string of the molecule is COC[C@H]1CCCN1c1cc2c(cn1)nc(-c1ccccc1F)n2[C@@H]1CCC[C@H](NC(=O)c2ncc(Cl)s2)C1. The number of pyridine rings is 1. The molecule has 2 fully saturated rings. The van der Waals surface area contributed by atoms with E-state index >= 15 is 4.39 Å². The van der Waals surface area contributed by atoms with E-state index in [0.29, 0.717) is 33.8 Å². The van der Waals surface area contributed by atoms with E-state index in [1.54, 1.807) is 25.4 Å². The predicted molar refractivity (Wildman–Crippen MR) is 151 cm³/mol. The van der Waals surface area contributed by atoms with Gasteiger partial charge in [0.2, 0.25) is 0 Å². The molecule has 1 aliphatic heterocycles. The minimum Gasteiger partial charge on any atom is -0.383 e. The van der Waals surface area contributed by atoms with Crippen LogP contribution in [-0.4, -0.2) is 57.8 Å². The van der Waals surface area contributed by atoms with Crippen molar-refractivity contribution in [2.24, 2.45) is 0 Å².